The van der Waals surface area contributed by atoms with Gasteiger partial charge in [0.15, 0.2) is 0 Å². The zero-order valence-electron chi connectivity index (χ0n) is 13.4. The molecule has 1 aliphatic carbocycles. The van der Waals surface area contributed by atoms with Crippen molar-refractivity contribution >= 4 is 10.2 Å². The minimum Gasteiger partial charge on any atom is -0.329 e. The van der Waals surface area contributed by atoms with Crippen molar-refractivity contribution in [2.75, 3.05) is 26.2 Å². The molecular formula is C14H31N3O2S. The van der Waals surface area contributed by atoms with E-state index < -0.39 is 15.7 Å². The molecule has 20 heavy (non-hydrogen) atoms. The molecule has 2 N–H and O–H groups in total. The number of likely N-dealkylation sites (N-methyl/N-ethyl adjacent to an activating group) is 1. The first-order valence-corrected chi connectivity index (χ1v) is 9.25. The van der Waals surface area contributed by atoms with Gasteiger partial charge in [-0.15, -0.1) is 0 Å². The van der Waals surface area contributed by atoms with Crippen molar-refractivity contribution in [3.05, 3.63) is 0 Å². The molecule has 0 aliphatic heterocycles. The number of rotatable bonds is 7. The second-order valence-corrected chi connectivity index (χ2v) is 7.74. The fourth-order valence-corrected chi connectivity index (χ4v) is 5.57. The van der Waals surface area contributed by atoms with E-state index in [9.17, 15) is 8.42 Å². The molecule has 0 radical (unpaired) electrons. The van der Waals surface area contributed by atoms with E-state index in [0.717, 1.165) is 19.3 Å². The van der Waals surface area contributed by atoms with E-state index in [1.807, 2.05) is 20.8 Å². The predicted octanol–water partition coefficient (Wildman–Crippen LogP) is 1.80. The van der Waals surface area contributed by atoms with Crippen LogP contribution in [0, 0.1) is 5.92 Å². The molecule has 0 saturated heterocycles. The minimum atomic E-state index is -3.42. The van der Waals surface area contributed by atoms with Crippen LogP contribution in [0.15, 0.2) is 0 Å². The number of nitrogens with two attached hydrogens (primary N) is 1. The maximum Gasteiger partial charge on any atom is 0.282 e. The normalized spacial score (nSPS) is 28.2. The van der Waals surface area contributed by atoms with Gasteiger partial charge in [-0.2, -0.15) is 17.0 Å². The molecular weight excluding hydrogens is 274 g/mol. The lowest BCUT2D eigenvalue weighted by molar-refractivity contribution is 0.106. The summed E-state index contributed by atoms with van der Waals surface area (Å²) in [6.45, 7) is 9.78. The van der Waals surface area contributed by atoms with E-state index in [-0.39, 0.29) is 0 Å². The molecule has 0 amide bonds. The molecule has 1 fully saturated rings. The van der Waals surface area contributed by atoms with Gasteiger partial charge in [-0.05, 0) is 18.8 Å². The van der Waals surface area contributed by atoms with Crippen LogP contribution in [0.4, 0.5) is 0 Å². The van der Waals surface area contributed by atoms with Crippen LogP contribution < -0.4 is 5.73 Å². The Hall–Kier alpha value is -0.170. The SMILES string of the molecule is CCN(CC)S(=O)(=O)N(CC)C1(CN)CCCC(C)C1. The fraction of sp³-hybridized carbons (Fsp3) is 1.00. The molecule has 6 heteroatoms. The van der Waals surface area contributed by atoms with Crippen LogP contribution >= 0.6 is 0 Å². The average Bonchev–Trinajstić information content (AvgIpc) is 2.40. The van der Waals surface area contributed by atoms with Gasteiger partial charge in [0, 0.05) is 31.7 Å². The predicted molar refractivity (Wildman–Crippen MR) is 83.6 cm³/mol. The fourth-order valence-electron chi connectivity index (χ4n) is 3.58. The second kappa shape index (κ2) is 7.20. The zero-order chi connectivity index (χ0) is 15.4. The van der Waals surface area contributed by atoms with Crippen LogP contribution in [0.3, 0.4) is 0 Å². The number of hydrogen-bond acceptors (Lipinski definition) is 3. The summed E-state index contributed by atoms with van der Waals surface area (Å²) in [6, 6.07) is 0. The molecule has 0 aromatic carbocycles. The van der Waals surface area contributed by atoms with Crippen molar-refractivity contribution in [1.29, 1.82) is 0 Å². The number of hydrogen-bond donors (Lipinski definition) is 1. The molecule has 0 aromatic rings. The van der Waals surface area contributed by atoms with Crippen molar-refractivity contribution in [1.82, 2.24) is 8.61 Å². The van der Waals surface area contributed by atoms with Gasteiger partial charge in [-0.3, -0.25) is 0 Å². The first-order valence-electron chi connectivity index (χ1n) is 7.85. The maximum atomic E-state index is 12.9. The summed E-state index contributed by atoms with van der Waals surface area (Å²) in [5.41, 5.74) is 5.64. The summed E-state index contributed by atoms with van der Waals surface area (Å²) >= 11 is 0. The van der Waals surface area contributed by atoms with Gasteiger partial charge < -0.3 is 5.73 Å². The van der Waals surface area contributed by atoms with E-state index in [2.05, 4.69) is 6.92 Å². The highest BCUT2D eigenvalue weighted by atomic mass is 32.2. The van der Waals surface area contributed by atoms with Crippen LogP contribution in [-0.2, 0) is 10.2 Å². The molecule has 0 spiro atoms. The van der Waals surface area contributed by atoms with Gasteiger partial charge in [0.1, 0.15) is 0 Å². The summed E-state index contributed by atoms with van der Waals surface area (Å²) < 4.78 is 29.0. The Bertz CT molecular complexity index is 395. The highest BCUT2D eigenvalue weighted by Crippen LogP contribution is 2.38. The van der Waals surface area contributed by atoms with Gasteiger partial charge in [-0.1, -0.05) is 40.5 Å². The van der Waals surface area contributed by atoms with Crippen molar-refractivity contribution in [2.45, 2.75) is 58.9 Å². The quantitative estimate of drug-likeness (QED) is 0.780. The minimum absolute atomic E-state index is 0.395. The van der Waals surface area contributed by atoms with Crippen LogP contribution in [0.1, 0.15) is 53.4 Å². The molecule has 1 rings (SSSR count). The smallest absolute Gasteiger partial charge is 0.282 e. The third-order valence-electron chi connectivity index (χ3n) is 4.57. The second-order valence-electron chi connectivity index (χ2n) is 5.89. The summed E-state index contributed by atoms with van der Waals surface area (Å²) in [5, 5.41) is 0. The van der Waals surface area contributed by atoms with Crippen LogP contribution in [0.25, 0.3) is 0 Å². The summed E-state index contributed by atoms with van der Waals surface area (Å²) in [4.78, 5) is 0. The van der Waals surface area contributed by atoms with E-state index in [4.69, 9.17) is 5.73 Å². The lowest BCUT2D eigenvalue weighted by atomic mass is 9.76. The Morgan fingerprint density at radius 3 is 2.20 bits per heavy atom. The molecule has 0 aromatic heterocycles. The third kappa shape index (κ3) is 3.35. The largest absolute Gasteiger partial charge is 0.329 e. The van der Waals surface area contributed by atoms with Crippen molar-refractivity contribution in [3.8, 4) is 0 Å². The molecule has 2 atom stereocenters. The maximum absolute atomic E-state index is 12.9. The standard InChI is InChI=1S/C14H31N3O2S/c1-5-16(6-2)20(18,19)17(7-3)14(12-15)10-8-9-13(4)11-14/h13H,5-12,15H2,1-4H3. The highest BCUT2D eigenvalue weighted by molar-refractivity contribution is 7.86. The van der Waals surface area contributed by atoms with Gasteiger partial charge in [0.2, 0.25) is 0 Å². The Morgan fingerprint density at radius 2 is 1.80 bits per heavy atom. The molecule has 1 saturated carbocycles. The molecule has 5 nitrogen and oxygen atoms in total. The topological polar surface area (TPSA) is 66.6 Å². The van der Waals surface area contributed by atoms with Gasteiger partial charge in [0.25, 0.3) is 10.2 Å². The lowest BCUT2D eigenvalue weighted by Crippen LogP contribution is -2.61. The monoisotopic (exact) mass is 305 g/mol. The van der Waals surface area contributed by atoms with Crippen molar-refractivity contribution in [2.24, 2.45) is 11.7 Å². The van der Waals surface area contributed by atoms with Crippen LogP contribution in [0.5, 0.6) is 0 Å². The van der Waals surface area contributed by atoms with Crippen LogP contribution in [-0.4, -0.2) is 48.7 Å². The van der Waals surface area contributed by atoms with Crippen molar-refractivity contribution in [3.63, 3.8) is 0 Å². The van der Waals surface area contributed by atoms with E-state index in [1.54, 1.807) is 4.31 Å². The Morgan fingerprint density at radius 1 is 1.20 bits per heavy atom. The van der Waals surface area contributed by atoms with Gasteiger partial charge >= 0.3 is 0 Å². The Balaban J connectivity index is 3.15. The van der Waals surface area contributed by atoms with E-state index in [0.29, 0.717) is 32.1 Å². The van der Waals surface area contributed by atoms with Crippen LogP contribution in [0.2, 0.25) is 0 Å². The average molecular weight is 305 g/mol. The van der Waals surface area contributed by atoms with Gasteiger partial charge in [-0.25, -0.2) is 0 Å². The zero-order valence-corrected chi connectivity index (χ0v) is 14.2. The first kappa shape index (κ1) is 17.9. The van der Waals surface area contributed by atoms with E-state index >= 15 is 0 Å². The molecule has 1 aliphatic rings. The highest BCUT2D eigenvalue weighted by Gasteiger charge is 2.45. The Kier molecular flexibility index (Phi) is 6.44. The number of nitrogens with zero attached hydrogens (tertiary/aromatic N) is 2. The van der Waals surface area contributed by atoms with Gasteiger partial charge in [0.05, 0.1) is 0 Å². The summed E-state index contributed by atoms with van der Waals surface area (Å²) in [5.74, 6) is 0.535. The Labute approximate surface area is 124 Å². The molecule has 2 unspecified atom stereocenters. The third-order valence-corrected chi connectivity index (χ3v) is 6.95. The molecule has 0 heterocycles. The van der Waals surface area contributed by atoms with E-state index in [1.165, 1.54) is 10.7 Å². The van der Waals surface area contributed by atoms with Crippen molar-refractivity contribution < 1.29 is 8.42 Å². The molecule has 0 bridgehead atoms. The lowest BCUT2D eigenvalue weighted by Gasteiger charge is -2.47. The summed E-state index contributed by atoms with van der Waals surface area (Å²) in [7, 11) is -3.42. The molecule has 120 valence electrons. The summed E-state index contributed by atoms with van der Waals surface area (Å²) in [6.07, 6.45) is 3.98. The first-order chi connectivity index (χ1) is 9.37.